The Morgan fingerprint density at radius 2 is 2.00 bits per heavy atom. The zero-order valence-electron chi connectivity index (χ0n) is 11.9. The third-order valence-corrected chi connectivity index (χ3v) is 3.26. The highest BCUT2D eigenvalue weighted by Gasteiger charge is 2.18. The molecule has 0 unspecified atom stereocenters. The Morgan fingerprint density at radius 1 is 1.27 bits per heavy atom. The molecule has 0 saturated carbocycles. The van der Waals surface area contributed by atoms with Crippen molar-refractivity contribution in [2.24, 2.45) is 0 Å². The number of esters is 1. The van der Waals surface area contributed by atoms with Gasteiger partial charge in [0, 0.05) is 11.6 Å². The van der Waals surface area contributed by atoms with Gasteiger partial charge in [0.2, 0.25) is 0 Å². The van der Waals surface area contributed by atoms with Crippen LogP contribution in [0.4, 0.5) is 0 Å². The van der Waals surface area contributed by atoms with Crippen LogP contribution in [0.1, 0.15) is 10.5 Å². The van der Waals surface area contributed by atoms with Crippen LogP contribution in [0.25, 0.3) is 10.8 Å². The minimum absolute atomic E-state index is 0.210. The zero-order chi connectivity index (χ0) is 15.5. The fraction of sp³-hybridized carbons (Fsp3) is 0.267. The molecular formula is C15H14N2O5. The number of hydrogen-bond acceptors (Lipinski definition) is 6. The van der Waals surface area contributed by atoms with E-state index in [2.05, 4.69) is 15.0 Å². The highest BCUT2D eigenvalue weighted by Crippen LogP contribution is 2.35. The lowest BCUT2D eigenvalue weighted by atomic mass is 10.1. The van der Waals surface area contributed by atoms with Gasteiger partial charge < -0.3 is 19.5 Å². The molecule has 0 bridgehead atoms. The molecule has 3 rings (SSSR count). The second-order valence-electron chi connectivity index (χ2n) is 4.64. The molecule has 1 aromatic carbocycles. The van der Waals surface area contributed by atoms with Crippen LogP contribution in [0.5, 0.6) is 11.5 Å². The first-order chi connectivity index (χ1) is 10.7. The maximum atomic E-state index is 12.2. The summed E-state index contributed by atoms with van der Waals surface area (Å²) in [5, 5.41) is 3.92. The average molecular weight is 302 g/mol. The van der Waals surface area contributed by atoms with Gasteiger partial charge in [-0.3, -0.25) is 14.6 Å². The smallest absolute Gasteiger partial charge is 0.325 e. The Labute approximate surface area is 126 Å². The molecule has 0 saturated heterocycles. The number of amides is 1. The number of aromatic nitrogens is 1. The van der Waals surface area contributed by atoms with E-state index in [0.717, 1.165) is 5.39 Å². The SMILES string of the molecule is COC(=O)CNC(=O)c1nccc2cc3c(cc12)OCCO3. The van der Waals surface area contributed by atoms with Crippen LogP contribution >= 0.6 is 0 Å². The summed E-state index contributed by atoms with van der Waals surface area (Å²) in [4.78, 5) is 27.4. The Morgan fingerprint density at radius 3 is 2.73 bits per heavy atom. The Kier molecular flexibility index (Phi) is 3.78. The number of rotatable bonds is 3. The fourth-order valence-corrected chi connectivity index (χ4v) is 2.20. The molecule has 0 aliphatic carbocycles. The number of benzene rings is 1. The molecule has 0 radical (unpaired) electrons. The summed E-state index contributed by atoms with van der Waals surface area (Å²) < 4.78 is 15.5. The van der Waals surface area contributed by atoms with Crippen molar-refractivity contribution in [1.82, 2.24) is 10.3 Å². The summed E-state index contributed by atoms with van der Waals surface area (Å²) >= 11 is 0. The molecule has 2 aromatic rings. The quantitative estimate of drug-likeness (QED) is 0.848. The number of carbonyl (C=O) groups excluding carboxylic acids is 2. The maximum absolute atomic E-state index is 12.2. The largest absolute Gasteiger partial charge is 0.486 e. The van der Waals surface area contributed by atoms with Crippen molar-refractivity contribution < 1.29 is 23.8 Å². The van der Waals surface area contributed by atoms with Gasteiger partial charge in [0.15, 0.2) is 11.5 Å². The first kappa shape index (κ1) is 14.1. The van der Waals surface area contributed by atoms with Gasteiger partial charge in [0.25, 0.3) is 5.91 Å². The summed E-state index contributed by atoms with van der Waals surface area (Å²) in [5.41, 5.74) is 0.221. The summed E-state index contributed by atoms with van der Waals surface area (Å²) in [5.74, 6) is 0.245. The topological polar surface area (TPSA) is 86.8 Å². The second-order valence-corrected chi connectivity index (χ2v) is 4.64. The predicted molar refractivity (Wildman–Crippen MR) is 77.1 cm³/mol. The summed E-state index contributed by atoms with van der Waals surface area (Å²) in [6, 6.07) is 5.32. The third kappa shape index (κ3) is 2.65. The van der Waals surface area contributed by atoms with E-state index >= 15 is 0 Å². The molecule has 22 heavy (non-hydrogen) atoms. The monoisotopic (exact) mass is 302 g/mol. The Hall–Kier alpha value is -2.83. The first-order valence-electron chi connectivity index (χ1n) is 6.72. The zero-order valence-corrected chi connectivity index (χ0v) is 11.9. The van der Waals surface area contributed by atoms with E-state index in [1.807, 2.05) is 6.07 Å². The molecule has 0 spiro atoms. The molecule has 0 fully saturated rings. The molecule has 1 N–H and O–H groups in total. The molecule has 2 heterocycles. The summed E-state index contributed by atoms with van der Waals surface area (Å²) in [7, 11) is 1.26. The van der Waals surface area contributed by atoms with E-state index in [1.54, 1.807) is 12.1 Å². The van der Waals surface area contributed by atoms with E-state index in [-0.39, 0.29) is 12.2 Å². The lowest BCUT2D eigenvalue weighted by Crippen LogP contribution is -2.30. The van der Waals surface area contributed by atoms with Crippen molar-refractivity contribution in [2.75, 3.05) is 26.9 Å². The van der Waals surface area contributed by atoms with Gasteiger partial charge in [-0.1, -0.05) is 0 Å². The molecule has 0 atom stereocenters. The van der Waals surface area contributed by atoms with Crippen molar-refractivity contribution in [1.29, 1.82) is 0 Å². The standard InChI is InChI=1S/C15H14N2O5/c1-20-13(18)8-17-15(19)14-10-7-12-11(21-4-5-22-12)6-9(10)2-3-16-14/h2-3,6-7H,4-5,8H2,1H3,(H,17,19). The summed E-state index contributed by atoms with van der Waals surface area (Å²) in [6.45, 7) is 0.747. The highest BCUT2D eigenvalue weighted by atomic mass is 16.6. The number of ether oxygens (including phenoxy) is 3. The molecule has 7 nitrogen and oxygen atoms in total. The third-order valence-electron chi connectivity index (χ3n) is 3.26. The summed E-state index contributed by atoms with van der Waals surface area (Å²) in [6.07, 6.45) is 1.53. The number of carbonyl (C=O) groups is 2. The van der Waals surface area contributed by atoms with Gasteiger partial charge in [-0.2, -0.15) is 0 Å². The van der Waals surface area contributed by atoms with E-state index < -0.39 is 11.9 Å². The van der Waals surface area contributed by atoms with Crippen LogP contribution in [0, 0.1) is 0 Å². The van der Waals surface area contributed by atoms with Crippen molar-refractivity contribution in [3.05, 3.63) is 30.1 Å². The number of pyridine rings is 1. The van der Waals surface area contributed by atoms with Crippen LogP contribution in [-0.4, -0.2) is 43.7 Å². The van der Waals surface area contributed by atoms with Crippen molar-refractivity contribution in [3.63, 3.8) is 0 Å². The van der Waals surface area contributed by atoms with Crippen LogP contribution in [0.3, 0.4) is 0 Å². The number of methoxy groups -OCH3 is 1. The van der Waals surface area contributed by atoms with E-state index in [4.69, 9.17) is 9.47 Å². The number of nitrogens with one attached hydrogen (secondary N) is 1. The van der Waals surface area contributed by atoms with Crippen LogP contribution in [-0.2, 0) is 9.53 Å². The van der Waals surface area contributed by atoms with E-state index in [0.29, 0.717) is 30.1 Å². The van der Waals surface area contributed by atoms with Gasteiger partial charge in [-0.25, -0.2) is 0 Å². The Balaban J connectivity index is 1.95. The van der Waals surface area contributed by atoms with Gasteiger partial charge >= 0.3 is 5.97 Å². The normalized spacial score (nSPS) is 12.8. The number of hydrogen-bond donors (Lipinski definition) is 1. The molecule has 1 aliphatic heterocycles. The van der Waals surface area contributed by atoms with Crippen molar-refractivity contribution in [2.45, 2.75) is 0 Å². The van der Waals surface area contributed by atoms with Crippen molar-refractivity contribution in [3.8, 4) is 11.5 Å². The fourth-order valence-electron chi connectivity index (χ4n) is 2.20. The molecule has 114 valence electrons. The minimum Gasteiger partial charge on any atom is -0.486 e. The van der Waals surface area contributed by atoms with Gasteiger partial charge in [0.05, 0.1) is 7.11 Å². The minimum atomic E-state index is -0.525. The molecule has 1 aliphatic rings. The number of nitrogens with zero attached hydrogens (tertiary/aromatic N) is 1. The molecular weight excluding hydrogens is 288 g/mol. The van der Waals surface area contributed by atoms with Gasteiger partial charge in [-0.05, 0) is 23.6 Å². The Bertz CT molecular complexity index is 744. The van der Waals surface area contributed by atoms with Gasteiger partial charge in [0.1, 0.15) is 25.5 Å². The molecule has 1 amide bonds. The lowest BCUT2D eigenvalue weighted by molar-refractivity contribution is -0.139. The maximum Gasteiger partial charge on any atom is 0.325 e. The van der Waals surface area contributed by atoms with Crippen LogP contribution < -0.4 is 14.8 Å². The van der Waals surface area contributed by atoms with E-state index in [9.17, 15) is 9.59 Å². The van der Waals surface area contributed by atoms with Crippen LogP contribution in [0.2, 0.25) is 0 Å². The first-order valence-corrected chi connectivity index (χ1v) is 6.72. The highest BCUT2D eigenvalue weighted by molar-refractivity contribution is 6.06. The molecule has 1 aromatic heterocycles. The second kappa shape index (κ2) is 5.88. The number of fused-ring (bicyclic) bond motifs is 2. The average Bonchev–Trinajstić information content (AvgIpc) is 2.56. The van der Waals surface area contributed by atoms with E-state index in [1.165, 1.54) is 13.3 Å². The van der Waals surface area contributed by atoms with Gasteiger partial charge in [-0.15, -0.1) is 0 Å². The lowest BCUT2D eigenvalue weighted by Gasteiger charge is -2.19. The predicted octanol–water partition coefficient (Wildman–Crippen LogP) is 0.909. The van der Waals surface area contributed by atoms with Crippen molar-refractivity contribution >= 4 is 22.6 Å². The van der Waals surface area contributed by atoms with Crippen LogP contribution in [0.15, 0.2) is 24.4 Å². The molecule has 7 heteroatoms.